The first kappa shape index (κ1) is 13.6. The average molecular weight is 269 g/mol. The molecule has 5 heteroatoms. The highest BCUT2D eigenvalue weighted by molar-refractivity contribution is 6.17. The fourth-order valence-corrected chi connectivity index (χ4v) is 2.55. The monoisotopic (exact) mass is 268 g/mol. The summed E-state index contributed by atoms with van der Waals surface area (Å²) in [4.78, 5) is 13.3. The van der Waals surface area contributed by atoms with Crippen LogP contribution >= 0.6 is 11.6 Å². The van der Waals surface area contributed by atoms with Crippen LogP contribution in [0.2, 0.25) is 0 Å². The molecule has 1 fully saturated rings. The Morgan fingerprint density at radius 2 is 1.89 bits per heavy atom. The Kier molecular flexibility index (Phi) is 4.78. The number of aromatic nitrogens is 2. The first-order valence-electron chi connectivity index (χ1n) is 6.45. The van der Waals surface area contributed by atoms with Gasteiger partial charge in [0.25, 0.3) is 0 Å². The number of hydrogen-bond donors (Lipinski definition) is 0. The predicted octanol–water partition coefficient (Wildman–Crippen LogP) is 1.99. The molecular weight excluding hydrogens is 248 g/mol. The van der Waals surface area contributed by atoms with E-state index >= 15 is 0 Å². The molecule has 1 aromatic heterocycles. The zero-order valence-corrected chi connectivity index (χ0v) is 11.9. The number of alkyl halides is 1. The SMILES string of the molecule is CN(C)CC1CCN(c2ncc(CCl)cn2)CC1. The molecule has 18 heavy (non-hydrogen) atoms. The number of anilines is 1. The molecule has 2 rings (SSSR count). The summed E-state index contributed by atoms with van der Waals surface area (Å²) in [6, 6.07) is 0. The van der Waals surface area contributed by atoms with Gasteiger partial charge in [-0.05, 0) is 32.9 Å². The van der Waals surface area contributed by atoms with Gasteiger partial charge in [-0.1, -0.05) is 0 Å². The highest BCUT2D eigenvalue weighted by Gasteiger charge is 2.21. The van der Waals surface area contributed by atoms with E-state index in [1.54, 1.807) is 0 Å². The number of piperidine rings is 1. The van der Waals surface area contributed by atoms with E-state index in [0.717, 1.165) is 30.5 Å². The number of nitrogens with zero attached hydrogens (tertiary/aromatic N) is 4. The molecule has 1 aliphatic rings. The third kappa shape index (κ3) is 3.56. The Balaban J connectivity index is 1.88. The second kappa shape index (κ2) is 6.34. The fraction of sp³-hybridized carbons (Fsp3) is 0.692. The first-order chi connectivity index (χ1) is 8.69. The first-order valence-corrected chi connectivity index (χ1v) is 6.99. The van der Waals surface area contributed by atoms with Gasteiger partial charge in [0.15, 0.2) is 0 Å². The summed E-state index contributed by atoms with van der Waals surface area (Å²) in [6.45, 7) is 3.29. The van der Waals surface area contributed by atoms with Gasteiger partial charge in [-0.3, -0.25) is 0 Å². The fourth-order valence-electron chi connectivity index (χ4n) is 2.41. The molecule has 0 aromatic carbocycles. The van der Waals surface area contributed by atoms with Crippen molar-refractivity contribution in [3.8, 4) is 0 Å². The standard InChI is InChI=1S/C13H21ClN4/c1-17(2)10-11-3-5-18(6-4-11)13-15-8-12(7-14)9-16-13/h8-9,11H,3-7,10H2,1-2H3. The largest absolute Gasteiger partial charge is 0.341 e. The quantitative estimate of drug-likeness (QED) is 0.782. The lowest BCUT2D eigenvalue weighted by Crippen LogP contribution is -2.37. The minimum atomic E-state index is 0.477. The number of halogens is 1. The van der Waals surface area contributed by atoms with Gasteiger partial charge in [0, 0.05) is 37.6 Å². The lowest BCUT2D eigenvalue weighted by atomic mass is 9.97. The number of rotatable bonds is 4. The third-order valence-corrected chi connectivity index (χ3v) is 3.68. The van der Waals surface area contributed by atoms with E-state index in [0.29, 0.717) is 5.88 Å². The normalized spacial score (nSPS) is 17.4. The van der Waals surface area contributed by atoms with Gasteiger partial charge >= 0.3 is 0 Å². The third-order valence-electron chi connectivity index (χ3n) is 3.37. The van der Waals surface area contributed by atoms with Gasteiger partial charge < -0.3 is 9.80 Å². The molecule has 2 heterocycles. The lowest BCUT2D eigenvalue weighted by Gasteiger charge is -2.33. The molecule has 0 unspecified atom stereocenters. The molecule has 1 aromatic rings. The number of hydrogen-bond acceptors (Lipinski definition) is 4. The molecule has 1 aliphatic heterocycles. The summed E-state index contributed by atoms with van der Waals surface area (Å²) in [6.07, 6.45) is 6.08. The molecule has 0 spiro atoms. The summed E-state index contributed by atoms with van der Waals surface area (Å²) in [5.74, 6) is 2.12. The van der Waals surface area contributed by atoms with Gasteiger partial charge in [0.2, 0.25) is 5.95 Å². The van der Waals surface area contributed by atoms with Crippen LogP contribution in [0.3, 0.4) is 0 Å². The molecular formula is C13H21ClN4. The Morgan fingerprint density at radius 3 is 2.39 bits per heavy atom. The predicted molar refractivity (Wildman–Crippen MR) is 75.1 cm³/mol. The van der Waals surface area contributed by atoms with Crippen LogP contribution in [0.15, 0.2) is 12.4 Å². The van der Waals surface area contributed by atoms with E-state index < -0.39 is 0 Å². The van der Waals surface area contributed by atoms with E-state index in [4.69, 9.17) is 11.6 Å². The zero-order chi connectivity index (χ0) is 13.0. The maximum absolute atomic E-state index is 5.73. The molecule has 100 valence electrons. The van der Waals surface area contributed by atoms with E-state index in [2.05, 4.69) is 33.9 Å². The summed E-state index contributed by atoms with van der Waals surface area (Å²) in [5.41, 5.74) is 0.975. The zero-order valence-electron chi connectivity index (χ0n) is 11.1. The molecule has 0 radical (unpaired) electrons. The molecule has 4 nitrogen and oxygen atoms in total. The van der Waals surface area contributed by atoms with Gasteiger partial charge in [-0.2, -0.15) is 0 Å². The van der Waals surface area contributed by atoms with Crippen molar-refractivity contribution < 1.29 is 0 Å². The van der Waals surface area contributed by atoms with E-state index in [-0.39, 0.29) is 0 Å². The molecule has 0 atom stereocenters. The molecule has 1 saturated heterocycles. The van der Waals surface area contributed by atoms with Crippen molar-refractivity contribution in [2.24, 2.45) is 5.92 Å². The topological polar surface area (TPSA) is 32.3 Å². The Labute approximate surface area is 114 Å². The molecule has 0 bridgehead atoms. The molecule has 0 amide bonds. The van der Waals surface area contributed by atoms with Crippen molar-refractivity contribution in [3.63, 3.8) is 0 Å². The van der Waals surface area contributed by atoms with Crippen molar-refractivity contribution in [1.29, 1.82) is 0 Å². The van der Waals surface area contributed by atoms with Crippen molar-refractivity contribution in [1.82, 2.24) is 14.9 Å². The summed E-state index contributed by atoms with van der Waals surface area (Å²) in [5, 5.41) is 0. The van der Waals surface area contributed by atoms with E-state index in [1.165, 1.54) is 19.4 Å². The second-order valence-electron chi connectivity index (χ2n) is 5.22. The molecule has 0 saturated carbocycles. The van der Waals surface area contributed by atoms with Crippen molar-refractivity contribution in [3.05, 3.63) is 18.0 Å². The summed E-state index contributed by atoms with van der Waals surface area (Å²) >= 11 is 5.73. The Hall–Kier alpha value is -0.870. The van der Waals surface area contributed by atoms with Crippen LogP contribution in [-0.2, 0) is 5.88 Å². The van der Waals surface area contributed by atoms with Crippen molar-refractivity contribution in [2.45, 2.75) is 18.7 Å². The van der Waals surface area contributed by atoms with Gasteiger partial charge in [-0.25, -0.2) is 9.97 Å². The highest BCUT2D eigenvalue weighted by Crippen LogP contribution is 2.20. The van der Waals surface area contributed by atoms with Gasteiger partial charge in [-0.15, -0.1) is 11.6 Å². The minimum Gasteiger partial charge on any atom is -0.341 e. The minimum absolute atomic E-state index is 0.477. The smallest absolute Gasteiger partial charge is 0.225 e. The highest BCUT2D eigenvalue weighted by atomic mass is 35.5. The second-order valence-corrected chi connectivity index (χ2v) is 5.48. The van der Waals surface area contributed by atoms with Crippen LogP contribution in [0.25, 0.3) is 0 Å². The van der Waals surface area contributed by atoms with Crippen LogP contribution in [0.5, 0.6) is 0 Å². The average Bonchev–Trinajstić information content (AvgIpc) is 2.39. The molecule has 0 aliphatic carbocycles. The van der Waals surface area contributed by atoms with Gasteiger partial charge in [0.05, 0.1) is 5.88 Å². The van der Waals surface area contributed by atoms with E-state index in [1.807, 2.05) is 12.4 Å². The van der Waals surface area contributed by atoms with Crippen LogP contribution in [0.1, 0.15) is 18.4 Å². The van der Waals surface area contributed by atoms with Crippen molar-refractivity contribution in [2.75, 3.05) is 38.6 Å². The van der Waals surface area contributed by atoms with Crippen LogP contribution in [-0.4, -0.2) is 48.6 Å². The Morgan fingerprint density at radius 1 is 1.28 bits per heavy atom. The van der Waals surface area contributed by atoms with Crippen LogP contribution in [0.4, 0.5) is 5.95 Å². The Bertz CT molecular complexity index is 358. The van der Waals surface area contributed by atoms with Crippen LogP contribution in [0, 0.1) is 5.92 Å². The maximum atomic E-state index is 5.73. The lowest BCUT2D eigenvalue weighted by molar-refractivity contribution is 0.284. The summed E-state index contributed by atoms with van der Waals surface area (Å²) in [7, 11) is 4.28. The van der Waals surface area contributed by atoms with E-state index in [9.17, 15) is 0 Å². The maximum Gasteiger partial charge on any atom is 0.225 e. The van der Waals surface area contributed by atoms with Gasteiger partial charge in [0.1, 0.15) is 0 Å². The van der Waals surface area contributed by atoms with Crippen molar-refractivity contribution >= 4 is 17.5 Å². The summed E-state index contributed by atoms with van der Waals surface area (Å²) < 4.78 is 0. The molecule has 0 N–H and O–H groups in total. The van der Waals surface area contributed by atoms with Crippen LogP contribution < -0.4 is 4.90 Å².